The summed E-state index contributed by atoms with van der Waals surface area (Å²) < 4.78 is 0. The average Bonchev–Trinajstić information content (AvgIpc) is 3.20. The Morgan fingerprint density at radius 3 is 2.68 bits per heavy atom. The molecular weight excluding hydrogens is 336 g/mol. The number of amides is 1. The van der Waals surface area contributed by atoms with Gasteiger partial charge in [-0.05, 0) is 39.0 Å². The second kappa shape index (κ2) is 6.68. The van der Waals surface area contributed by atoms with Crippen molar-refractivity contribution < 1.29 is 9.90 Å². The zero-order valence-electron chi connectivity index (χ0n) is 14.6. The van der Waals surface area contributed by atoms with Crippen LogP contribution in [0.5, 0.6) is 5.75 Å². The van der Waals surface area contributed by atoms with Crippen LogP contribution in [-0.4, -0.2) is 38.1 Å². The number of H-pyrrole nitrogens is 1. The van der Waals surface area contributed by atoms with E-state index < -0.39 is 0 Å². The first kappa shape index (κ1) is 17.2. The van der Waals surface area contributed by atoms with E-state index in [-0.39, 0.29) is 17.7 Å². The fraction of sp³-hybridized carbons (Fsp3) is 0.278. The maximum absolute atomic E-state index is 12.8. The van der Waals surface area contributed by atoms with E-state index in [9.17, 15) is 9.90 Å². The van der Waals surface area contributed by atoms with Gasteiger partial charge in [0.15, 0.2) is 0 Å². The minimum atomic E-state index is -0.174. The number of nitrogens with zero attached hydrogens (tertiary/aromatic N) is 3. The van der Waals surface area contributed by atoms with Crippen LogP contribution < -0.4 is 0 Å². The number of carbonyl (C=O) groups excluding carboxylic acids is 1. The summed E-state index contributed by atoms with van der Waals surface area (Å²) in [6.07, 6.45) is 0. The lowest BCUT2D eigenvalue weighted by Gasteiger charge is -2.23. The lowest BCUT2D eigenvalue weighted by Crippen LogP contribution is -2.30. The molecule has 0 saturated heterocycles. The van der Waals surface area contributed by atoms with Gasteiger partial charge < -0.3 is 10.0 Å². The summed E-state index contributed by atoms with van der Waals surface area (Å²) in [7, 11) is 1.75. The number of rotatable bonds is 4. The van der Waals surface area contributed by atoms with E-state index >= 15 is 0 Å². The summed E-state index contributed by atoms with van der Waals surface area (Å²) in [5.74, 6) is -0.0463. The van der Waals surface area contributed by atoms with Gasteiger partial charge in [0.25, 0.3) is 5.91 Å². The van der Waals surface area contributed by atoms with Crippen molar-refractivity contribution in [1.29, 1.82) is 0 Å². The van der Waals surface area contributed by atoms with Gasteiger partial charge in [0.2, 0.25) is 0 Å². The van der Waals surface area contributed by atoms with Crippen LogP contribution in [0.15, 0.2) is 30.3 Å². The molecule has 0 saturated carbocycles. The predicted octanol–water partition coefficient (Wildman–Crippen LogP) is 3.69. The molecule has 0 aliphatic carbocycles. The highest BCUT2D eigenvalue weighted by Gasteiger charge is 2.24. The molecule has 3 aromatic rings. The van der Waals surface area contributed by atoms with Crippen LogP contribution in [0.2, 0.25) is 0 Å². The van der Waals surface area contributed by atoms with Gasteiger partial charge in [-0.2, -0.15) is 5.10 Å². The van der Waals surface area contributed by atoms with Crippen molar-refractivity contribution in [3.05, 3.63) is 51.6 Å². The van der Waals surface area contributed by atoms with Crippen LogP contribution in [0.3, 0.4) is 0 Å². The molecule has 2 N–H and O–H groups in total. The van der Waals surface area contributed by atoms with E-state index in [4.69, 9.17) is 0 Å². The molecule has 2 aromatic heterocycles. The summed E-state index contributed by atoms with van der Waals surface area (Å²) in [6, 6.07) is 8.41. The maximum Gasteiger partial charge on any atom is 0.272 e. The van der Waals surface area contributed by atoms with E-state index in [1.54, 1.807) is 47.5 Å². The Hall–Kier alpha value is -2.67. The molecule has 0 aliphatic rings. The van der Waals surface area contributed by atoms with E-state index in [1.807, 2.05) is 26.8 Å². The van der Waals surface area contributed by atoms with Crippen LogP contribution in [-0.2, 0) is 0 Å². The summed E-state index contributed by atoms with van der Waals surface area (Å²) in [4.78, 5) is 20.1. The molecule has 1 amide bonds. The Bertz CT molecular complexity index is 915. The van der Waals surface area contributed by atoms with E-state index in [0.29, 0.717) is 17.0 Å². The molecule has 0 fully saturated rings. The lowest BCUT2D eigenvalue weighted by atomic mass is 10.1. The number of phenolic OH excluding ortho intramolecular Hbond substituents is 1. The van der Waals surface area contributed by atoms with Gasteiger partial charge in [-0.1, -0.05) is 12.1 Å². The molecule has 1 atom stereocenters. The van der Waals surface area contributed by atoms with Crippen molar-refractivity contribution in [2.45, 2.75) is 26.8 Å². The molecule has 0 spiro atoms. The Kier molecular flexibility index (Phi) is 4.59. The first-order chi connectivity index (χ1) is 11.9. The zero-order chi connectivity index (χ0) is 18.1. The molecule has 3 rings (SSSR count). The van der Waals surface area contributed by atoms with Crippen LogP contribution in [0, 0.1) is 13.8 Å². The number of aryl methyl sites for hydroxylation is 2. The molecule has 6 nitrogen and oxygen atoms in total. The largest absolute Gasteiger partial charge is 0.507 e. The minimum absolute atomic E-state index is 0.128. The van der Waals surface area contributed by atoms with Crippen LogP contribution in [0.1, 0.15) is 39.0 Å². The molecule has 25 heavy (non-hydrogen) atoms. The van der Waals surface area contributed by atoms with Gasteiger partial charge in [0.1, 0.15) is 11.4 Å². The molecule has 0 aliphatic heterocycles. The van der Waals surface area contributed by atoms with Gasteiger partial charge >= 0.3 is 0 Å². The Morgan fingerprint density at radius 2 is 2.04 bits per heavy atom. The van der Waals surface area contributed by atoms with Crippen molar-refractivity contribution in [3.63, 3.8) is 0 Å². The van der Waals surface area contributed by atoms with Crippen molar-refractivity contribution >= 4 is 17.2 Å². The normalized spacial score (nSPS) is 12.2. The molecule has 0 unspecified atom stereocenters. The summed E-state index contributed by atoms with van der Waals surface area (Å²) >= 11 is 1.63. The number of phenols is 1. The van der Waals surface area contributed by atoms with Crippen molar-refractivity contribution in [3.8, 4) is 17.0 Å². The first-order valence-electron chi connectivity index (χ1n) is 7.93. The third-order valence-electron chi connectivity index (χ3n) is 4.22. The molecule has 130 valence electrons. The fourth-order valence-electron chi connectivity index (χ4n) is 2.74. The average molecular weight is 356 g/mol. The highest BCUT2D eigenvalue weighted by Crippen LogP contribution is 2.29. The number of aromatic amines is 1. The highest BCUT2D eigenvalue weighted by molar-refractivity contribution is 7.11. The van der Waals surface area contributed by atoms with Gasteiger partial charge in [-0.3, -0.25) is 9.89 Å². The quantitative estimate of drug-likeness (QED) is 0.747. The summed E-state index contributed by atoms with van der Waals surface area (Å²) in [5.41, 5.74) is 2.40. The minimum Gasteiger partial charge on any atom is -0.507 e. The molecule has 0 bridgehead atoms. The smallest absolute Gasteiger partial charge is 0.272 e. The van der Waals surface area contributed by atoms with Gasteiger partial charge in [-0.25, -0.2) is 4.98 Å². The Morgan fingerprint density at radius 1 is 1.32 bits per heavy atom. The number of aromatic hydroxyl groups is 1. The number of para-hydroxylation sites is 1. The number of carbonyl (C=O) groups is 1. The molecule has 2 heterocycles. The van der Waals surface area contributed by atoms with Crippen LogP contribution in [0.4, 0.5) is 0 Å². The fourth-order valence-corrected chi connectivity index (χ4v) is 3.65. The number of benzene rings is 1. The van der Waals surface area contributed by atoms with Gasteiger partial charge in [-0.15, -0.1) is 11.3 Å². The second-order valence-electron chi connectivity index (χ2n) is 5.95. The molecule has 1 aromatic carbocycles. The SMILES string of the molecule is Cc1nc([C@@H](C)N(C)C(=O)c2cc(-c3ccccc3O)n[nH]2)c(C)s1. The monoisotopic (exact) mass is 356 g/mol. The molecule has 7 heteroatoms. The third kappa shape index (κ3) is 3.28. The topological polar surface area (TPSA) is 82.1 Å². The number of hydrogen-bond acceptors (Lipinski definition) is 5. The van der Waals surface area contributed by atoms with Gasteiger partial charge in [0, 0.05) is 17.5 Å². The maximum atomic E-state index is 12.8. The molecular formula is C18H20N4O2S. The first-order valence-corrected chi connectivity index (χ1v) is 8.75. The van der Waals surface area contributed by atoms with Gasteiger partial charge in [0.05, 0.1) is 22.4 Å². The van der Waals surface area contributed by atoms with E-state index in [0.717, 1.165) is 15.6 Å². The molecule has 0 radical (unpaired) electrons. The highest BCUT2D eigenvalue weighted by atomic mass is 32.1. The Balaban J connectivity index is 1.84. The van der Waals surface area contributed by atoms with E-state index in [2.05, 4.69) is 15.2 Å². The van der Waals surface area contributed by atoms with Crippen LogP contribution >= 0.6 is 11.3 Å². The number of aromatic nitrogens is 3. The summed E-state index contributed by atoms with van der Waals surface area (Å²) in [5, 5.41) is 17.9. The zero-order valence-corrected chi connectivity index (χ0v) is 15.4. The Labute approximate surface area is 150 Å². The van der Waals surface area contributed by atoms with E-state index in [1.165, 1.54) is 0 Å². The van der Waals surface area contributed by atoms with Crippen molar-refractivity contribution in [2.75, 3.05) is 7.05 Å². The second-order valence-corrected chi connectivity index (χ2v) is 7.36. The standard InChI is InChI=1S/C18H20N4O2S/c1-10(17-11(2)25-12(3)19-17)22(4)18(24)15-9-14(20-21-15)13-7-5-6-8-16(13)23/h5-10,23H,1-4H3,(H,20,21)/t10-/m1/s1. The third-order valence-corrected chi connectivity index (χ3v) is 5.13. The predicted molar refractivity (Wildman–Crippen MR) is 97.8 cm³/mol. The number of hydrogen-bond donors (Lipinski definition) is 2. The number of thiazole rings is 1. The summed E-state index contributed by atoms with van der Waals surface area (Å²) in [6.45, 7) is 5.93. The van der Waals surface area contributed by atoms with Crippen molar-refractivity contribution in [1.82, 2.24) is 20.1 Å². The van der Waals surface area contributed by atoms with Crippen molar-refractivity contribution in [2.24, 2.45) is 0 Å². The van der Waals surface area contributed by atoms with Crippen LogP contribution in [0.25, 0.3) is 11.3 Å². The number of nitrogens with one attached hydrogen (secondary N) is 1. The lowest BCUT2D eigenvalue weighted by molar-refractivity contribution is 0.0734.